The quantitative estimate of drug-likeness (QED) is 0.561. The zero-order chi connectivity index (χ0) is 18.6. The van der Waals surface area contributed by atoms with Gasteiger partial charge >= 0.3 is 5.97 Å². The number of aromatic nitrogens is 5. The second-order valence-corrected chi connectivity index (χ2v) is 6.85. The zero-order valence-corrected chi connectivity index (χ0v) is 15.0. The van der Waals surface area contributed by atoms with Gasteiger partial charge in [-0.1, -0.05) is 30.3 Å². The third-order valence-corrected chi connectivity index (χ3v) is 5.00. The molecule has 0 saturated heterocycles. The van der Waals surface area contributed by atoms with Crippen LogP contribution in [0.25, 0.3) is 28.1 Å². The van der Waals surface area contributed by atoms with Crippen molar-refractivity contribution in [1.29, 1.82) is 0 Å². The first-order chi connectivity index (χ1) is 13.1. The molecule has 27 heavy (non-hydrogen) atoms. The van der Waals surface area contributed by atoms with E-state index in [9.17, 15) is 4.79 Å². The molecule has 0 spiro atoms. The summed E-state index contributed by atoms with van der Waals surface area (Å²) in [6, 6.07) is 11.9. The van der Waals surface area contributed by atoms with E-state index in [1.165, 1.54) is 7.11 Å². The van der Waals surface area contributed by atoms with Gasteiger partial charge in [0.2, 0.25) is 0 Å². The van der Waals surface area contributed by atoms with Gasteiger partial charge in [0.25, 0.3) is 0 Å². The number of rotatable bonds is 4. The largest absolute Gasteiger partial charge is 0.467 e. The van der Waals surface area contributed by atoms with E-state index in [1.807, 2.05) is 48.0 Å². The molecule has 4 aromatic rings. The van der Waals surface area contributed by atoms with Crippen LogP contribution in [0.4, 0.5) is 5.82 Å². The van der Waals surface area contributed by atoms with Crippen LogP contribution in [0.3, 0.4) is 0 Å². The van der Waals surface area contributed by atoms with Crippen molar-refractivity contribution in [1.82, 2.24) is 24.1 Å². The number of hydrogen-bond donors (Lipinski definition) is 1. The topological polar surface area (TPSA) is 86.3 Å². The van der Waals surface area contributed by atoms with Crippen molar-refractivity contribution in [2.24, 2.45) is 7.05 Å². The standard InChI is InChI=1S/C19H18N6O2/c1-24-11-20-15-16(22-19(8-9-19)18(26)27-2)21-14-10-13(23-25(14)17(15)24)12-6-4-3-5-7-12/h3-7,10-11H,8-9H2,1-2H3,(H,21,22). The summed E-state index contributed by atoms with van der Waals surface area (Å²) >= 11 is 0. The Morgan fingerprint density at radius 2 is 2.04 bits per heavy atom. The molecule has 8 heteroatoms. The highest BCUT2D eigenvalue weighted by Crippen LogP contribution is 2.41. The number of methoxy groups -OCH3 is 1. The fourth-order valence-corrected chi connectivity index (χ4v) is 3.38. The summed E-state index contributed by atoms with van der Waals surface area (Å²) in [5.41, 5.74) is 3.31. The Labute approximate surface area is 154 Å². The van der Waals surface area contributed by atoms with Crippen LogP contribution in [0.1, 0.15) is 12.8 Å². The van der Waals surface area contributed by atoms with Crippen molar-refractivity contribution in [3.8, 4) is 11.3 Å². The summed E-state index contributed by atoms with van der Waals surface area (Å²) in [6.07, 6.45) is 3.16. The second kappa shape index (κ2) is 5.54. The molecule has 1 aliphatic carbocycles. The SMILES string of the molecule is COC(=O)C1(Nc2nc3cc(-c4ccccc4)nn3c3c2ncn3C)CC1. The van der Waals surface area contributed by atoms with Gasteiger partial charge in [0.05, 0.1) is 19.1 Å². The van der Waals surface area contributed by atoms with E-state index in [4.69, 9.17) is 14.8 Å². The van der Waals surface area contributed by atoms with Crippen LogP contribution in [-0.4, -0.2) is 42.8 Å². The molecule has 1 aliphatic rings. The Morgan fingerprint density at radius 3 is 2.74 bits per heavy atom. The molecule has 1 N–H and O–H groups in total. The molecule has 3 aromatic heterocycles. The first kappa shape index (κ1) is 15.8. The number of hydrogen-bond acceptors (Lipinski definition) is 6. The molecule has 0 bridgehead atoms. The smallest absolute Gasteiger partial charge is 0.331 e. The van der Waals surface area contributed by atoms with Crippen LogP contribution in [-0.2, 0) is 16.6 Å². The minimum Gasteiger partial charge on any atom is -0.467 e. The van der Waals surface area contributed by atoms with Gasteiger partial charge in [-0.15, -0.1) is 0 Å². The number of aryl methyl sites for hydroxylation is 1. The fraction of sp³-hybridized carbons (Fsp3) is 0.263. The third-order valence-electron chi connectivity index (χ3n) is 5.00. The predicted octanol–water partition coefficient (Wildman–Crippen LogP) is 2.40. The molecule has 3 heterocycles. The van der Waals surface area contributed by atoms with Gasteiger partial charge in [0, 0.05) is 18.7 Å². The molecule has 0 aliphatic heterocycles. The number of nitrogens with zero attached hydrogens (tertiary/aromatic N) is 5. The van der Waals surface area contributed by atoms with Crippen LogP contribution >= 0.6 is 0 Å². The molecule has 5 rings (SSSR count). The number of fused-ring (bicyclic) bond motifs is 3. The normalized spacial score (nSPS) is 15.2. The summed E-state index contributed by atoms with van der Waals surface area (Å²) < 4.78 is 8.63. The lowest BCUT2D eigenvalue weighted by molar-refractivity contribution is -0.142. The van der Waals surface area contributed by atoms with E-state index >= 15 is 0 Å². The molecule has 1 fully saturated rings. The van der Waals surface area contributed by atoms with Gasteiger partial charge in [-0.2, -0.15) is 9.61 Å². The average molecular weight is 362 g/mol. The number of carbonyl (C=O) groups is 1. The van der Waals surface area contributed by atoms with E-state index in [0.717, 1.165) is 29.7 Å². The number of nitrogens with one attached hydrogen (secondary N) is 1. The number of carbonyl (C=O) groups excluding carboxylic acids is 1. The summed E-state index contributed by atoms with van der Waals surface area (Å²) in [5, 5.41) is 8.00. The van der Waals surface area contributed by atoms with E-state index in [2.05, 4.69) is 10.3 Å². The maximum Gasteiger partial charge on any atom is 0.331 e. The van der Waals surface area contributed by atoms with Crippen LogP contribution in [0, 0.1) is 0 Å². The van der Waals surface area contributed by atoms with Crippen LogP contribution in [0.15, 0.2) is 42.7 Å². The molecular weight excluding hydrogens is 344 g/mol. The van der Waals surface area contributed by atoms with Gasteiger partial charge in [-0.25, -0.2) is 14.8 Å². The summed E-state index contributed by atoms with van der Waals surface area (Å²) in [7, 11) is 3.32. The highest BCUT2D eigenvalue weighted by Gasteiger charge is 2.52. The van der Waals surface area contributed by atoms with Crippen molar-refractivity contribution < 1.29 is 9.53 Å². The third kappa shape index (κ3) is 2.37. The van der Waals surface area contributed by atoms with Gasteiger partial charge in [-0.3, -0.25) is 0 Å². The van der Waals surface area contributed by atoms with Gasteiger partial charge < -0.3 is 14.6 Å². The van der Waals surface area contributed by atoms with E-state index in [0.29, 0.717) is 17.0 Å². The molecule has 1 saturated carbocycles. The first-order valence-corrected chi connectivity index (χ1v) is 8.74. The molecule has 0 amide bonds. The Kier molecular flexibility index (Phi) is 3.24. The molecule has 0 radical (unpaired) electrons. The average Bonchev–Trinajstić information content (AvgIpc) is 3.18. The molecular formula is C19H18N6O2. The molecule has 1 aromatic carbocycles. The lowest BCUT2D eigenvalue weighted by atomic mass is 10.2. The fourth-order valence-electron chi connectivity index (χ4n) is 3.38. The highest BCUT2D eigenvalue weighted by atomic mass is 16.5. The lowest BCUT2D eigenvalue weighted by Crippen LogP contribution is -2.33. The zero-order valence-electron chi connectivity index (χ0n) is 15.0. The Hall–Kier alpha value is -3.42. The second-order valence-electron chi connectivity index (χ2n) is 6.85. The van der Waals surface area contributed by atoms with Gasteiger partial charge in [0.1, 0.15) is 5.54 Å². The first-order valence-electron chi connectivity index (χ1n) is 8.74. The van der Waals surface area contributed by atoms with Crippen molar-refractivity contribution >= 4 is 28.6 Å². The minimum absolute atomic E-state index is 0.272. The summed E-state index contributed by atoms with van der Waals surface area (Å²) in [6.45, 7) is 0. The summed E-state index contributed by atoms with van der Waals surface area (Å²) in [5.74, 6) is 0.298. The Bertz CT molecular complexity index is 1170. The Balaban J connectivity index is 1.69. The Morgan fingerprint density at radius 1 is 1.26 bits per heavy atom. The van der Waals surface area contributed by atoms with Crippen molar-refractivity contribution in [3.63, 3.8) is 0 Å². The van der Waals surface area contributed by atoms with E-state index in [1.54, 1.807) is 10.8 Å². The predicted molar refractivity (Wildman–Crippen MR) is 100 cm³/mol. The molecule has 136 valence electrons. The number of anilines is 1. The monoisotopic (exact) mass is 362 g/mol. The molecule has 0 unspecified atom stereocenters. The minimum atomic E-state index is -0.702. The molecule has 8 nitrogen and oxygen atoms in total. The number of esters is 1. The van der Waals surface area contributed by atoms with Gasteiger partial charge in [-0.05, 0) is 12.8 Å². The van der Waals surface area contributed by atoms with Crippen LogP contribution in [0.5, 0.6) is 0 Å². The molecule has 0 atom stereocenters. The van der Waals surface area contributed by atoms with E-state index < -0.39 is 5.54 Å². The van der Waals surface area contributed by atoms with Gasteiger partial charge in [0.15, 0.2) is 22.6 Å². The number of imidazole rings is 1. The number of ether oxygens (including phenoxy) is 1. The van der Waals surface area contributed by atoms with Crippen molar-refractivity contribution in [2.75, 3.05) is 12.4 Å². The van der Waals surface area contributed by atoms with Crippen molar-refractivity contribution in [3.05, 3.63) is 42.7 Å². The van der Waals surface area contributed by atoms with E-state index in [-0.39, 0.29) is 5.97 Å². The highest BCUT2D eigenvalue weighted by molar-refractivity contribution is 5.93. The maximum atomic E-state index is 12.1. The van der Waals surface area contributed by atoms with Crippen LogP contribution < -0.4 is 5.32 Å². The lowest BCUT2D eigenvalue weighted by Gasteiger charge is -2.16. The number of benzene rings is 1. The van der Waals surface area contributed by atoms with Crippen LogP contribution in [0.2, 0.25) is 0 Å². The maximum absolute atomic E-state index is 12.1. The summed E-state index contributed by atoms with van der Waals surface area (Å²) in [4.78, 5) is 21.3. The van der Waals surface area contributed by atoms with Crippen molar-refractivity contribution in [2.45, 2.75) is 18.4 Å².